The van der Waals surface area contributed by atoms with E-state index in [0.717, 1.165) is 25.2 Å². The maximum absolute atomic E-state index is 13.0. The lowest BCUT2D eigenvalue weighted by atomic mass is 9.95. The van der Waals surface area contributed by atoms with Crippen LogP contribution >= 0.6 is 0 Å². The van der Waals surface area contributed by atoms with Crippen molar-refractivity contribution >= 4 is 21.6 Å². The van der Waals surface area contributed by atoms with Gasteiger partial charge in [0.2, 0.25) is 0 Å². The summed E-state index contributed by atoms with van der Waals surface area (Å²) in [7, 11) is -3.85. The molecule has 0 spiro atoms. The first-order valence-corrected chi connectivity index (χ1v) is 11.9. The molecule has 1 aliphatic heterocycles. The molecule has 0 unspecified atom stereocenters. The van der Waals surface area contributed by atoms with E-state index in [9.17, 15) is 17.6 Å². The van der Waals surface area contributed by atoms with Crippen LogP contribution < -0.4 is 4.72 Å². The van der Waals surface area contributed by atoms with E-state index in [1.54, 1.807) is 11.2 Å². The predicted molar refractivity (Wildman–Crippen MR) is 117 cm³/mol. The second-order valence-electron chi connectivity index (χ2n) is 7.68. The van der Waals surface area contributed by atoms with E-state index in [1.807, 2.05) is 11.5 Å². The number of rotatable bonds is 6. The first-order chi connectivity index (χ1) is 15.4. The average molecular weight is 458 g/mol. The molecule has 10 heteroatoms. The van der Waals surface area contributed by atoms with E-state index in [4.69, 9.17) is 0 Å². The van der Waals surface area contributed by atoms with Gasteiger partial charge in [-0.15, -0.1) is 10.2 Å². The molecule has 4 rings (SSSR count). The van der Waals surface area contributed by atoms with Crippen molar-refractivity contribution in [1.29, 1.82) is 0 Å². The Morgan fingerprint density at radius 2 is 1.75 bits per heavy atom. The van der Waals surface area contributed by atoms with Crippen molar-refractivity contribution in [2.45, 2.75) is 37.1 Å². The normalized spacial score (nSPS) is 15.0. The number of halogens is 1. The van der Waals surface area contributed by atoms with E-state index >= 15 is 0 Å². The molecule has 0 atom stereocenters. The van der Waals surface area contributed by atoms with Crippen LogP contribution in [0.3, 0.4) is 0 Å². The number of carbonyl (C=O) groups excluding carboxylic acids is 1. The number of likely N-dealkylation sites (tertiary alicyclic amines) is 1. The molecule has 2 aromatic carbocycles. The highest BCUT2D eigenvalue weighted by molar-refractivity contribution is 7.92. The molecule has 32 heavy (non-hydrogen) atoms. The number of carbonyl (C=O) groups is 1. The van der Waals surface area contributed by atoms with E-state index in [0.29, 0.717) is 18.7 Å². The Bertz CT molecular complexity index is 1190. The minimum Gasteiger partial charge on any atom is -0.339 e. The number of nitrogens with one attached hydrogen (secondary N) is 1. The Labute approximate surface area is 186 Å². The third-order valence-corrected chi connectivity index (χ3v) is 7.04. The van der Waals surface area contributed by atoms with Crippen LogP contribution in [-0.4, -0.2) is 47.1 Å². The van der Waals surface area contributed by atoms with Crippen molar-refractivity contribution in [3.63, 3.8) is 0 Å². The van der Waals surface area contributed by atoms with E-state index in [-0.39, 0.29) is 22.4 Å². The van der Waals surface area contributed by atoms with Gasteiger partial charge in [0.15, 0.2) is 0 Å². The van der Waals surface area contributed by atoms with Crippen LogP contribution in [0.15, 0.2) is 59.8 Å². The van der Waals surface area contributed by atoms with Crippen molar-refractivity contribution in [3.8, 4) is 0 Å². The van der Waals surface area contributed by atoms with Gasteiger partial charge in [-0.3, -0.25) is 9.52 Å². The molecule has 0 radical (unpaired) electrons. The van der Waals surface area contributed by atoms with Crippen LogP contribution in [-0.2, 0) is 16.6 Å². The number of hydrogen-bond acceptors (Lipinski definition) is 5. The molecule has 0 saturated carbocycles. The van der Waals surface area contributed by atoms with E-state index < -0.39 is 15.8 Å². The standard InChI is InChI=1S/C22H24FN5O3S/c1-2-27-15-24-25-21(27)16-11-13-28(14-12-16)22(29)17-3-9-20(10-4-17)32(30,31)26-19-7-5-18(23)6-8-19/h3-10,15-16,26H,2,11-14H2,1H3. The van der Waals surface area contributed by atoms with Gasteiger partial charge in [-0.2, -0.15) is 0 Å². The van der Waals surface area contributed by atoms with Gasteiger partial charge in [-0.1, -0.05) is 0 Å². The van der Waals surface area contributed by atoms with Crippen LogP contribution in [0.25, 0.3) is 0 Å². The fraction of sp³-hybridized carbons (Fsp3) is 0.318. The second kappa shape index (κ2) is 9.07. The van der Waals surface area contributed by atoms with Crippen LogP contribution in [0.1, 0.15) is 41.9 Å². The Morgan fingerprint density at radius 3 is 2.38 bits per heavy atom. The first kappa shape index (κ1) is 21.9. The largest absolute Gasteiger partial charge is 0.339 e. The summed E-state index contributed by atoms with van der Waals surface area (Å²) in [6.45, 7) is 4.07. The molecule has 0 aliphatic carbocycles. The zero-order valence-corrected chi connectivity index (χ0v) is 18.4. The van der Waals surface area contributed by atoms with Crippen molar-refractivity contribution in [1.82, 2.24) is 19.7 Å². The number of aromatic nitrogens is 3. The molecule has 0 bridgehead atoms. The number of benzene rings is 2. The fourth-order valence-electron chi connectivity index (χ4n) is 3.86. The summed E-state index contributed by atoms with van der Waals surface area (Å²) in [5.41, 5.74) is 0.689. The van der Waals surface area contributed by atoms with E-state index in [1.165, 1.54) is 48.5 Å². The summed E-state index contributed by atoms with van der Waals surface area (Å²) in [5.74, 6) is 0.650. The maximum Gasteiger partial charge on any atom is 0.261 e. The molecule has 3 aromatic rings. The molecular formula is C22H24FN5O3S. The van der Waals surface area contributed by atoms with Gasteiger partial charge in [0.25, 0.3) is 15.9 Å². The first-order valence-electron chi connectivity index (χ1n) is 10.4. The predicted octanol–water partition coefficient (Wildman–Crippen LogP) is 3.26. The second-order valence-corrected chi connectivity index (χ2v) is 9.36. The molecule has 2 heterocycles. The summed E-state index contributed by atoms with van der Waals surface area (Å²) >= 11 is 0. The lowest BCUT2D eigenvalue weighted by Crippen LogP contribution is -2.38. The summed E-state index contributed by atoms with van der Waals surface area (Å²) in [5, 5.41) is 8.22. The lowest BCUT2D eigenvalue weighted by Gasteiger charge is -2.31. The Hall–Kier alpha value is -3.27. The van der Waals surface area contributed by atoms with Gasteiger partial charge >= 0.3 is 0 Å². The highest BCUT2D eigenvalue weighted by Gasteiger charge is 2.27. The third-order valence-electron chi connectivity index (χ3n) is 5.64. The molecular weight excluding hydrogens is 433 g/mol. The van der Waals surface area contributed by atoms with Gasteiger partial charge < -0.3 is 9.47 Å². The van der Waals surface area contributed by atoms with Crippen molar-refractivity contribution in [2.75, 3.05) is 17.8 Å². The summed E-state index contributed by atoms with van der Waals surface area (Å²) in [4.78, 5) is 14.7. The molecule has 8 nitrogen and oxygen atoms in total. The SMILES string of the molecule is CCn1cnnc1C1CCN(C(=O)c2ccc(S(=O)(=O)Nc3ccc(F)cc3)cc2)CC1. The summed E-state index contributed by atoms with van der Waals surface area (Å²) < 4.78 is 42.6. The zero-order valence-electron chi connectivity index (χ0n) is 17.6. The van der Waals surface area contributed by atoms with Gasteiger partial charge in [0.05, 0.1) is 4.90 Å². The molecule has 168 valence electrons. The number of anilines is 1. The topological polar surface area (TPSA) is 97.2 Å². The van der Waals surface area contributed by atoms with E-state index in [2.05, 4.69) is 14.9 Å². The molecule has 1 N–H and O–H groups in total. The summed E-state index contributed by atoms with van der Waals surface area (Å²) in [6, 6.07) is 10.9. The van der Waals surface area contributed by atoms with Crippen LogP contribution in [0.4, 0.5) is 10.1 Å². The third kappa shape index (κ3) is 4.64. The van der Waals surface area contributed by atoms with Gasteiger partial charge in [0, 0.05) is 36.8 Å². The Kier molecular flexibility index (Phi) is 6.22. The molecule has 1 aliphatic rings. The van der Waals surface area contributed by atoms with Gasteiger partial charge in [-0.05, 0) is 68.3 Å². The van der Waals surface area contributed by atoms with Crippen LogP contribution in [0.2, 0.25) is 0 Å². The van der Waals surface area contributed by atoms with Crippen molar-refractivity contribution in [3.05, 3.63) is 72.1 Å². The zero-order chi connectivity index (χ0) is 22.7. The molecule has 1 amide bonds. The quantitative estimate of drug-likeness (QED) is 0.613. The Morgan fingerprint density at radius 1 is 1.09 bits per heavy atom. The molecule has 1 fully saturated rings. The number of piperidine rings is 1. The monoisotopic (exact) mass is 457 g/mol. The smallest absolute Gasteiger partial charge is 0.261 e. The van der Waals surface area contributed by atoms with Gasteiger partial charge in [-0.25, -0.2) is 12.8 Å². The highest BCUT2D eigenvalue weighted by atomic mass is 32.2. The number of hydrogen-bond donors (Lipinski definition) is 1. The summed E-state index contributed by atoms with van der Waals surface area (Å²) in [6.07, 6.45) is 3.34. The molecule has 1 saturated heterocycles. The number of sulfonamides is 1. The highest BCUT2D eigenvalue weighted by Crippen LogP contribution is 2.27. The molecule has 1 aromatic heterocycles. The van der Waals surface area contributed by atoms with Crippen molar-refractivity contribution in [2.24, 2.45) is 0 Å². The number of amides is 1. The lowest BCUT2D eigenvalue weighted by molar-refractivity contribution is 0.0710. The minimum atomic E-state index is -3.85. The van der Waals surface area contributed by atoms with Crippen LogP contribution in [0.5, 0.6) is 0 Å². The number of aryl methyl sites for hydroxylation is 1. The van der Waals surface area contributed by atoms with Gasteiger partial charge in [0.1, 0.15) is 18.0 Å². The Balaban J connectivity index is 1.39. The average Bonchev–Trinajstić information content (AvgIpc) is 3.29. The van der Waals surface area contributed by atoms with Crippen LogP contribution in [0, 0.1) is 5.82 Å². The minimum absolute atomic E-state index is 0.0241. The van der Waals surface area contributed by atoms with Crippen molar-refractivity contribution < 1.29 is 17.6 Å². The number of nitrogens with zero attached hydrogens (tertiary/aromatic N) is 4. The fourth-order valence-corrected chi connectivity index (χ4v) is 4.91. The maximum atomic E-state index is 13.0.